The Morgan fingerprint density at radius 3 is 2.55 bits per heavy atom. The second-order valence-corrected chi connectivity index (χ2v) is 4.73. The second kappa shape index (κ2) is 5.90. The van der Waals surface area contributed by atoms with Crippen molar-refractivity contribution in [2.75, 3.05) is 6.61 Å². The van der Waals surface area contributed by atoms with Gasteiger partial charge in [0.2, 0.25) is 6.10 Å². The summed E-state index contributed by atoms with van der Waals surface area (Å²) in [5, 5.41) is 8.99. The minimum Gasteiger partial charge on any atom is -0.493 e. The fourth-order valence-electron chi connectivity index (χ4n) is 2.26. The van der Waals surface area contributed by atoms with Gasteiger partial charge in [-0.1, -0.05) is 6.92 Å². The Balaban J connectivity index is 2.55. The maximum Gasteiger partial charge on any atom is 0.430 e. The number of carboxylic acid groups (broad SMARTS) is 1. The fraction of sp³-hybridized carbons (Fsp3) is 0.400. The number of carboxylic acids is 1. The van der Waals surface area contributed by atoms with Crippen molar-refractivity contribution >= 4 is 12.0 Å². The van der Waals surface area contributed by atoms with Crippen molar-refractivity contribution in [3.63, 3.8) is 0 Å². The fourth-order valence-corrected chi connectivity index (χ4v) is 2.26. The van der Waals surface area contributed by atoms with E-state index in [1.165, 1.54) is 6.07 Å². The summed E-state index contributed by atoms with van der Waals surface area (Å²) in [5.74, 6) is -1.25. The van der Waals surface area contributed by atoms with Crippen molar-refractivity contribution in [1.82, 2.24) is 0 Å². The summed E-state index contributed by atoms with van der Waals surface area (Å²) < 4.78 is 49.2. The summed E-state index contributed by atoms with van der Waals surface area (Å²) in [6.07, 6.45) is -5.69. The van der Waals surface area contributed by atoms with Crippen LogP contribution in [0, 0.1) is 0 Å². The minimum absolute atomic E-state index is 0.0343. The maximum absolute atomic E-state index is 13.0. The summed E-state index contributed by atoms with van der Waals surface area (Å²) in [7, 11) is 0. The van der Waals surface area contributed by atoms with Crippen molar-refractivity contribution in [1.29, 1.82) is 0 Å². The van der Waals surface area contributed by atoms with Crippen LogP contribution in [0.2, 0.25) is 0 Å². The van der Waals surface area contributed by atoms with Gasteiger partial charge in [-0.3, -0.25) is 0 Å². The van der Waals surface area contributed by atoms with Crippen molar-refractivity contribution in [2.45, 2.75) is 32.5 Å². The van der Waals surface area contributed by atoms with Crippen molar-refractivity contribution in [3.8, 4) is 11.5 Å². The molecule has 1 aliphatic heterocycles. The predicted octanol–water partition coefficient (Wildman–Crippen LogP) is 3.44. The van der Waals surface area contributed by atoms with Gasteiger partial charge >= 0.3 is 12.1 Å². The summed E-state index contributed by atoms with van der Waals surface area (Å²) in [6, 6.07) is 2.97. The molecule has 22 heavy (non-hydrogen) atoms. The molecule has 0 amide bonds. The molecule has 0 spiro atoms. The average molecular weight is 316 g/mol. The van der Waals surface area contributed by atoms with E-state index in [1.54, 1.807) is 13.0 Å². The molecule has 0 aliphatic carbocycles. The van der Waals surface area contributed by atoms with Crippen LogP contribution in [-0.2, 0) is 11.2 Å². The van der Waals surface area contributed by atoms with Gasteiger partial charge in [-0.25, -0.2) is 4.79 Å². The number of fused-ring (bicyclic) bond motifs is 1. The highest BCUT2D eigenvalue weighted by atomic mass is 19.4. The number of carbonyl (C=O) groups is 1. The average Bonchev–Trinajstić information content (AvgIpc) is 2.44. The molecule has 120 valence electrons. The highest BCUT2D eigenvalue weighted by molar-refractivity contribution is 5.95. The molecule has 1 atom stereocenters. The standard InChI is InChI=1S/C15H15F3O4/c1-3-8-5-9-6-10(14(19)20)13(15(16,17)18)22-12(9)7-11(8)21-4-2/h5-7,13H,3-4H2,1-2H3,(H,19,20). The summed E-state index contributed by atoms with van der Waals surface area (Å²) in [5.41, 5.74) is 0.250. The van der Waals surface area contributed by atoms with Gasteiger partial charge in [-0.15, -0.1) is 0 Å². The number of hydrogen-bond donors (Lipinski definition) is 1. The molecule has 1 unspecified atom stereocenters. The van der Waals surface area contributed by atoms with Crippen LogP contribution < -0.4 is 9.47 Å². The first kappa shape index (κ1) is 16.2. The SMILES string of the molecule is CCOc1cc2c(cc1CC)C=C(C(=O)O)C(C(F)(F)F)O2. The molecule has 7 heteroatoms. The van der Waals surface area contributed by atoms with E-state index >= 15 is 0 Å². The molecule has 4 nitrogen and oxygen atoms in total. The number of aryl methyl sites for hydroxylation is 1. The van der Waals surface area contributed by atoms with Crippen molar-refractivity contribution < 1.29 is 32.5 Å². The molecular formula is C15H15F3O4. The lowest BCUT2D eigenvalue weighted by molar-refractivity contribution is -0.187. The Hall–Kier alpha value is -2.18. The van der Waals surface area contributed by atoms with E-state index in [1.807, 2.05) is 6.92 Å². The zero-order valence-electron chi connectivity index (χ0n) is 12.0. The lowest BCUT2D eigenvalue weighted by atomic mass is 9.98. The Morgan fingerprint density at radius 2 is 2.05 bits per heavy atom. The van der Waals surface area contributed by atoms with Gasteiger partial charge in [0.05, 0.1) is 12.2 Å². The van der Waals surface area contributed by atoms with Gasteiger partial charge in [-0.2, -0.15) is 13.2 Å². The van der Waals surface area contributed by atoms with Crippen molar-refractivity contribution in [2.24, 2.45) is 0 Å². The van der Waals surface area contributed by atoms with Crippen LogP contribution in [0.4, 0.5) is 13.2 Å². The van der Waals surface area contributed by atoms with Gasteiger partial charge in [0.25, 0.3) is 0 Å². The molecule has 0 saturated carbocycles. The third kappa shape index (κ3) is 3.03. The quantitative estimate of drug-likeness (QED) is 0.924. The third-order valence-electron chi connectivity index (χ3n) is 3.26. The van der Waals surface area contributed by atoms with E-state index in [0.717, 1.165) is 11.6 Å². The van der Waals surface area contributed by atoms with E-state index in [0.29, 0.717) is 24.3 Å². The highest BCUT2D eigenvalue weighted by Gasteiger charge is 2.48. The maximum atomic E-state index is 13.0. The highest BCUT2D eigenvalue weighted by Crippen LogP contribution is 2.40. The van der Waals surface area contributed by atoms with Crippen LogP contribution in [0.3, 0.4) is 0 Å². The predicted molar refractivity (Wildman–Crippen MR) is 73.1 cm³/mol. The van der Waals surface area contributed by atoms with E-state index in [-0.39, 0.29) is 5.75 Å². The van der Waals surface area contributed by atoms with E-state index in [2.05, 4.69) is 0 Å². The van der Waals surface area contributed by atoms with Crippen LogP contribution in [0.5, 0.6) is 11.5 Å². The molecular weight excluding hydrogens is 301 g/mol. The van der Waals surface area contributed by atoms with Crippen LogP contribution >= 0.6 is 0 Å². The zero-order valence-corrected chi connectivity index (χ0v) is 12.0. The Labute approximate surface area is 125 Å². The number of halogens is 3. The number of rotatable bonds is 4. The number of hydrogen-bond acceptors (Lipinski definition) is 3. The molecule has 1 aromatic rings. The van der Waals surface area contributed by atoms with Crippen LogP contribution in [-0.4, -0.2) is 30.0 Å². The van der Waals surface area contributed by atoms with Gasteiger partial charge in [-0.05, 0) is 31.1 Å². The first-order chi connectivity index (χ1) is 10.3. The Morgan fingerprint density at radius 1 is 1.36 bits per heavy atom. The summed E-state index contributed by atoms with van der Waals surface area (Å²) in [4.78, 5) is 11.1. The number of benzene rings is 1. The smallest absolute Gasteiger partial charge is 0.430 e. The molecule has 1 N–H and O–H groups in total. The molecule has 2 rings (SSSR count). The number of ether oxygens (including phenoxy) is 2. The lowest BCUT2D eigenvalue weighted by Gasteiger charge is -2.27. The monoisotopic (exact) mass is 316 g/mol. The van der Waals surface area contributed by atoms with Gasteiger partial charge in [0, 0.05) is 11.6 Å². The molecule has 1 aliphatic rings. The Bertz CT molecular complexity index is 620. The molecule has 1 aromatic carbocycles. The first-order valence-electron chi connectivity index (χ1n) is 6.75. The second-order valence-electron chi connectivity index (χ2n) is 4.73. The molecule has 0 saturated heterocycles. The van der Waals surface area contributed by atoms with Crippen LogP contribution in [0.15, 0.2) is 17.7 Å². The van der Waals surface area contributed by atoms with E-state index < -0.39 is 23.8 Å². The normalized spacial score (nSPS) is 17.3. The summed E-state index contributed by atoms with van der Waals surface area (Å²) in [6.45, 7) is 4.00. The Kier molecular flexibility index (Phi) is 4.35. The lowest BCUT2D eigenvalue weighted by Crippen LogP contribution is -2.40. The molecule has 0 radical (unpaired) electrons. The molecule has 1 heterocycles. The molecule has 0 aromatic heterocycles. The van der Waals surface area contributed by atoms with Crippen LogP contribution in [0.25, 0.3) is 6.08 Å². The van der Waals surface area contributed by atoms with Crippen LogP contribution in [0.1, 0.15) is 25.0 Å². The summed E-state index contributed by atoms with van der Waals surface area (Å²) >= 11 is 0. The van der Waals surface area contributed by atoms with Gasteiger partial charge < -0.3 is 14.6 Å². The number of aliphatic carboxylic acids is 1. The zero-order chi connectivity index (χ0) is 16.5. The van der Waals surface area contributed by atoms with Gasteiger partial charge in [0.15, 0.2) is 0 Å². The van der Waals surface area contributed by atoms with Gasteiger partial charge in [0.1, 0.15) is 11.5 Å². The van der Waals surface area contributed by atoms with E-state index in [4.69, 9.17) is 14.6 Å². The van der Waals surface area contributed by atoms with E-state index in [9.17, 15) is 18.0 Å². The number of alkyl halides is 3. The van der Waals surface area contributed by atoms with Crippen molar-refractivity contribution in [3.05, 3.63) is 28.8 Å². The third-order valence-corrected chi connectivity index (χ3v) is 3.26. The largest absolute Gasteiger partial charge is 0.493 e. The molecule has 0 fully saturated rings. The first-order valence-corrected chi connectivity index (χ1v) is 6.75. The molecule has 0 bridgehead atoms. The minimum atomic E-state index is -4.81. The topological polar surface area (TPSA) is 55.8 Å².